The Labute approximate surface area is 92.4 Å². The van der Waals surface area contributed by atoms with Gasteiger partial charge in [-0.1, -0.05) is 22.0 Å². The number of aryl methyl sites for hydroxylation is 1. The molecule has 0 amide bonds. The zero-order chi connectivity index (χ0) is 11.2. The Bertz CT molecular complexity index is 513. The summed E-state index contributed by atoms with van der Waals surface area (Å²) in [5, 5.41) is 0.602. The van der Waals surface area contributed by atoms with Crippen LogP contribution >= 0.6 is 15.9 Å². The highest BCUT2D eigenvalue weighted by Crippen LogP contribution is 2.35. The highest BCUT2D eigenvalue weighted by molar-refractivity contribution is 9.10. The van der Waals surface area contributed by atoms with E-state index in [1.165, 1.54) is 6.92 Å². The third-order valence-electron chi connectivity index (χ3n) is 2.30. The smallest absolute Gasteiger partial charge is 0.351 e. The summed E-state index contributed by atoms with van der Waals surface area (Å²) in [4.78, 5) is 2.39. The van der Waals surface area contributed by atoms with E-state index in [4.69, 9.17) is 0 Å². The van der Waals surface area contributed by atoms with Crippen LogP contribution in [0.25, 0.3) is 10.9 Å². The lowest BCUT2D eigenvalue weighted by Crippen LogP contribution is -2.06. The highest BCUT2D eigenvalue weighted by atomic mass is 79.9. The van der Waals surface area contributed by atoms with Gasteiger partial charge in [-0.2, -0.15) is 13.2 Å². The number of hydrogen-bond donors (Lipinski definition) is 1. The van der Waals surface area contributed by atoms with Crippen LogP contribution in [-0.2, 0) is 6.18 Å². The van der Waals surface area contributed by atoms with E-state index in [2.05, 4.69) is 20.9 Å². The van der Waals surface area contributed by atoms with Gasteiger partial charge in [0.15, 0.2) is 0 Å². The zero-order valence-corrected chi connectivity index (χ0v) is 9.33. The molecule has 0 aliphatic heterocycles. The number of nitrogens with one attached hydrogen (secondary N) is 1. The molecule has 1 heterocycles. The van der Waals surface area contributed by atoms with Gasteiger partial charge in [0.05, 0.1) is 0 Å². The summed E-state index contributed by atoms with van der Waals surface area (Å²) < 4.78 is 38.4. The van der Waals surface area contributed by atoms with Crippen LogP contribution in [0.5, 0.6) is 0 Å². The quantitative estimate of drug-likeness (QED) is 0.741. The van der Waals surface area contributed by atoms with Gasteiger partial charge < -0.3 is 4.98 Å². The molecular formula is C10H7BrF3N. The lowest BCUT2D eigenvalue weighted by Gasteiger charge is -2.04. The Morgan fingerprint density at radius 2 is 1.93 bits per heavy atom. The number of rotatable bonds is 0. The summed E-state index contributed by atoms with van der Waals surface area (Å²) in [7, 11) is 0. The maximum atomic E-state index is 12.5. The molecule has 0 radical (unpaired) electrons. The minimum Gasteiger partial charge on any atom is -0.351 e. The van der Waals surface area contributed by atoms with Crippen molar-refractivity contribution < 1.29 is 13.2 Å². The molecule has 2 aromatic rings. The number of fused-ring (bicyclic) bond motifs is 1. The maximum absolute atomic E-state index is 12.5. The molecule has 1 aromatic heterocycles. The van der Waals surface area contributed by atoms with Crippen molar-refractivity contribution in [2.45, 2.75) is 13.1 Å². The van der Waals surface area contributed by atoms with Gasteiger partial charge in [-0.25, -0.2) is 0 Å². The van der Waals surface area contributed by atoms with Gasteiger partial charge in [0, 0.05) is 15.4 Å². The topological polar surface area (TPSA) is 15.8 Å². The number of aromatic amines is 1. The number of hydrogen-bond acceptors (Lipinski definition) is 0. The van der Waals surface area contributed by atoms with Gasteiger partial charge in [0.2, 0.25) is 0 Å². The first-order valence-corrected chi connectivity index (χ1v) is 5.04. The molecule has 15 heavy (non-hydrogen) atoms. The number of halogens is 4. The van der Waals surface area contributed by atoms with Crippen molar-refractivity contribution in [2.24, 2.45) is 0 Å². The molecule has 2 rings (SSSR count). The van der Waals surface area contributed by atoms with Gasteiger partial charge in [0.25, 0.3) is 0 Å². The molecule has 0 fully saturated rings. The number of aromatic nitrogens is 1. The van der Waals surface area contributed by atoms with E-state index in [0.717, 1.165) is 4.47 Å². The SMILES string of the molecule is Cc1c(C(F)(F)F)[nH]c2cc(Br)ccc12. The fraction of sp³-hybridized carbons (Fsp3) is 0.200. The molecule has 0 aliphatic rings. The van der Waals surface area contributed by atoms with Crippen LogP contribution in [0.4, 0.5) is 13.2 Å². The Morgan fingerprint density at radius 3 is 2.53 bits per heavy atom. The molecule has 0 atom stereocenters. The number of benzene rings is 1. The first-order chi connectivity index (χ1) is 6.89. The number of H-pyrrole nitrogens is 1. The zero-order valence-electron chi connectivity index (χ0n) is 7.74. The van der Waals surface area contributed by atoms with Crippen molar-refractivity contribution in [3.05, 3.63) is 33.9 Å². The predicted molar refractivity (Wildman–Crippen MR) is 55.7 cm³/mol. The predicted octanol–water partition coefficient (Wildman–Crippen LogP) is 4.26. The molecule has 0 saturated carbocycles. The molecule has 5 heteroatoms. The highest BCUT2D eigenvalue weighted by Gasteiger charge is 2.34. The molecular weight excluding hydrogens is 271 g/mol. The average molecular weight is 278 g/mol. The normalized spacial score (nSPS) is 12.3. The van der Waals surface area contributed by atoms with E-state index in [-0.39, 0.29) is 5.56 Å². The monoisotopic (exact) mass is 277 g/mol. The van der Waals surface area contributed by atoms with Crippen LogP contribution in [0.15, 0.2) is 22.7 Å². The molecule has 0 unspecified atom stereocenters. The van der Waals surface area contributed by atoms with Crippen molar-refractivity contribution in [2.75, 3.05) is 0 Å². The molecule has 80 valence electrons. The van der Waals surface area contributed by atoms with Gasteiger partial charge in [-0.05, 0) is 24.6 Å². The minimum atomic E-state index is -4.32. The van der Waals surface area contributed by atoms with Crippen molar-refractivity contribution in [1.29, 1.82) is 0 Å². The van der Waals surface area contributed by atoms with Crippen LogP contribution in [0.1, 0.15) is 11.3 Å². The molecule has 1 nitrogen and oxygen atoms in total. The second-order valence-electron chi connectivity index (χ2n) is 3.31. The third-order valence-corrected chi connectivity index (χ3v) is 2.80. The van der Waals surface area contributed by atoms with E-state index in [1.807, 2.05) is 0 Å². The standard InChI is InChI=1S/C10H7BrF3N/c1-5-7-3-2-6(11)4-8(7)15-9(5)10(12,13)14/h2-4,15H,1H3. The molecule has 0 aliphatic carbocycles. The molecule has 1 aromatic carbocycles. The average Bonchev–Trinajstić information content (AvgIpc) is 2.42. The summed E-state index contributed by atoms with van der Waals surface area (Å²) in [6.07, 6.45) is -4.32. The molecule has 0 bridgehead atoms. The van der Waals surface area contributed by atoms with Crippen molar-refractivity contribution in [1.82, 2.24) is 4.98 Å². The van der Waals surface area contributed by atoms with Crippen LogP contribution < -0.4 is 0 Å². The van der Waals surface area contributed by atoms with Crippen molar-refractivity contribution in [3.63, 3.8) is 0 Å². The lowest BCUT2D eigenvalue weighted by molar-refractivity contribution is -0.141. The van der Waals surface area contributed by atoms with Crippen molar-refractivity contribution >= 4 is 26.8 Å². The third kappa shape index (κ3) is 1.76. The van der Waals surface area contributed by atoms with Crippen molar-refractivity contribution in [3.8, 4) is 0 Å². The van der Waals surface area contributed by atoms with E-state index >= 15 is 0 Å². The van der Waals surface area contributed by atoms with E-state index in [0.29, 0.717) is 10.9 Å². The van der Waals surface area contributed by atoms with E-state index in [9.17, 15) is 13.2 Å². The molecule has 1 N–H and O–H groups in total. The summed E-state index contributed by atoms with van der Waals surface area (Å²) in [5.74, 6) is 0. The van der Waals surface area contributed by atoms with Gasteiger partial charge in [-0.15, -0.1) is 0 Å². The number of alkyl halides is 3. The first-order valence-electron chi connectivity index (χ1n) is 4.24. The van der Waals surface area contributed by atoms with E-state index in [1.54, 1.807) is 18.2 Å². The second-order valence-corrected chi connectivity index (χ2v) is 4.23. The summed E-state index contributed by atoms with van der Waals surface area (Å²) >= 11 is 3.22. The van der Waals surface area contributed by atoms with E-state index < -0.39 is 11.9 Å². The maximum Gasteiger partial charge on any atom is 0.431 e. The largest absolute Gasteiger partial charge is 0.431 e. The Kier molecular flexibility index (Phi) is 2.30. The Balaban J connectivity index is 2.75. The molecule has 0 spiro atoms. The Hall–Kier alpha value is -0.970. The van der Waals surface area contributed by atoms with Crippen LogP contribution in [0, 0.1) is 6.92 Å². The molecule has 0 saturated heterocycles. The summed E-state index contributed by atoms with van der Waals surface area (Å²) in [5.41, 5.74) is 0.0646. The van der Waals surface area contributed by atoms with Gasteiger partial charge in [0.1, 0.15) is 5.69 Å². The minimum absolute atomic E-state index is 0.241. The summed E-state index contributed by atoms with van der Waals surface area (Å²) in [6, 6.07) is 5.03. The fourth-order valence-corrected chi connectivity index (χ4v) is 1.95. The van der Waals surface area contributed by atoms with Crippen LogP contribution in [-0.4, -0.2) is 4.98 Å². The first kappa shape index (κ1) is 10.5. The second kappa shape index (κ2) is 3.27. The summed E-state index contributed by atoms with van der Waals surface area (Å²) in [6.45, 7) is 1.47. The fourth-order valence-electron chi connectivity index (χ4n) is 1.59. The van der Waals surface area contributed by atoms with Gasteiger partial charge >= 0.3 is 6.18 Å². The van der Waals surface area contributed by atoms with Crippen LogP contribution in [0.2, 0.25) is 0 Å². The lowest BCUT2D eigenvalue weighted by atomic mass is 10.1. The van der Waals surface area contributed by atoms with Crippen LogP contribution in [0.3, 0.4) is 0 Å². The van der Waals surface area contributed by atoms with Gasteiger partial charge in [-0.3, -0.25) is 0 Å². The Morgan fingerprint density at radius 1 is 1.27 bits per heavy atom.